The molecule has 0 aliphatic carbocycles. The van der Waals surface area contributed by atoms with Gasteiger partial charge in [-0.25, -0.2) is 0 Å². The van der Waals surface area contributed by atoms with Crippen molar-refractivity contribution < 1.29 is 9.47 Å². The molecule has 1 rings (SSSR count). The van der Waals surface area contributed by atoms with Crippen LogP contribution in [0.3, 0.4) is 0 Å². The van der Waals surface area contributed by atoms with Crippen LogP contribution in [-0.4, -0.2) is 63.5 Å². The minimum atomic E-state index is 0.111. The molecule has 5 nitrogen and oxygen atoms in total. The maximum atomic E-state index is 5.62. The Hall–Kier alpha value is -1.25. The van der Waals surface area contributed by atoms with Crippen LogP contribution in [0.4, 0.5) is 0 Å². The zero-order chi connectivity index (χ0) is 13.2. The van der Waals surface area contributed by atoms with Gasteiger partial charge in [-0.1, -0.05) is 0 Å². The number of nitrogens with one attached hydrogen (secondary N) is 1. The zero-order valence-electron chi connectivity index (χ0n) is 11.3. The number of aliphatic imine (C=N–C) groups is 1. The van der Waals surface area contributed by atoms with E-state index >= 15 is 0 Å². The lowest BCUT2D eigenvalue weighted by molar-refractivity contribution is -0.0447. The van der Waals surface area contributed by atoms with Crippen LogP contribution in [0.1, 0.15) is 13.3 Å². The number of hydrogen-bond acceptors (Lipinski definition) is 3. The monoisotopic (exact) mass is 253 g/mol. The van der Waals surface area contributed by atoms with Crippen molar-refractivity contribution in [2.24, 2.45) is 4.99 Å². The maximum Gasteiger partial charge on any atom is 0.194 e. The van der Waals surface area contributed by atoms with E-state index in [4.69, 9.17) is 15.9 Å². The predicted octanol–water partition coefficient (Wildman–Crippen LogP) is 0.322. The summed E-state index contributed by atoms with van der Waals surface area (Å²) in [5.41, 5.74) is 0. The molecule has 0 aromatic carbocycles. The van der Waals surface area contributed by atoms with Gasteiger partial charge in [0.25, 0.3) is 0 Å². The molecular formula is C13H23N3O2. The fourth-order valence-corrected chi connectivity index (χ4v) is 1.85. The SMILES string of the molecule is C#CCCN=C(NCC)N1CCOC(COC)C1. The second kappa shape index (κ2) is 8.78. The summed E-state index contributed by atoms with van der Waals surface area (Å²) in [4.78, 5) is 6.72. The molecule has 0 saturated carbocycles. The highest BCUT2D eigenvalue weighted by Gasteiger charge is 2.22. The summed E-state index contributed by atoms with van der Waals surface area (Å²) in [5, 5.41) is 3.28. The highest BCUT2D eigenvalue weighted by atomic mass is 16.5. The third-order valence-corrected chi connectivity index (χ3v) is 2.64. The number of hydrogen-bond donors (Lipinski definition) is 1. The van der Waals surface area contributed by atoms with Gasteiger partial charge in [-0.2, -0.15) is 0 Å². The molecule has 0 aromatic heterocycles. The van der Waals surface area contributed by atoms with E-state index in [-0.39, 0.29) is 6.10 Å². The molecule has 0 radical (unpaired) electrons. The van der Waals surface area contributed by atoms with E-state index < -0.39 is 0 Å². The Bertz CT molecular complexity index is 297. The number of ether oxygens (including phenoxy) is 2. The molecule has 0 aromatic rings. The minimum absolute atomic E-state index is 0.111. The average Bonchev–Trinajstić information content (AvgIpc) is 2.39. The normalized spacial score (nSPS) is 20.6. The Morgan fingerprint density at radius 2 is 2.50 bits per heavy atom. The third-order valence-electron chi connectivity index (χ3n) is 2.64. The van der Waals surface area contributed by atoms with Crippen LogP contribution in [0, 0.1) is 12.3 Å². The van der Waals surface area contributed by atoms with Gasteiger partial charge in [-0.05, 0) is 6.92 Å². The van der Waals surface area contributed by atoms with Crippen LogP contribution in [0.25, 0.3) is 0 Å². The summed E-state index contributed by atoms with van der Waals surface area (Å²) in [6.45, 7) is 6.53. The van der Waals surface area contributed by atoms with Gasteiger partial charge in [0.2, 0.25) is 0 Å². The zero-order valence-corrected chi connectivity index (χ0v) is 11.3. The van der Waals surface area contributed by atoms with Crippen molar-refractivity contribution in [2.75, 3.05) is 46.5 Å². The quantitative estimate of drug-likeness (QED) is 0.332. The van der Waals surface area contributed by atoms with Crippen molar-refractivity contribution in [2.45, 2.75) is 19.4 Å². The molecule has 1 fully saturated rings. The van der Waals surface area contributed by atoms with E-state index in [1.54, 1.807) is 7.11 Å². The molecule has 0 spiro atoms. The van der Waals surface area contributed by atoms with Crippen molar-refractivity contribution in [1.82, 2.24) is 10.2 Å². The molecular weight excluding hydrogens is 230 g/mol. The smallest absolute Gasteiger partial charge is 0.194 e. The molecule has 1 atom stereocenters. The number of nitrogens with zero attached hydrogens (tertiary/aromatic N) is 2. The summed E-state index contributed by atoms with van der Waals surface area (Å²) in [6, 6.07) is 0. The van der Waals surface area contributed by atoms with Crippen LogP contribution in [0.2, 0.25) is 0 Å². The first-order valence-corrected chi connectivity index (χ1v) is 6.39. The Balaban J connectivity index is 2.55. The molecule has 1 aliphatic heterocycles. The summed E-state index contributed by atoms with van der Waals surface area (Å²) < 4.78 is 10.8. The first-order valence-electron chi connectivity index (χ1n) is 6.39. The standard InChI is InChI=1S/C13H23N3O2/c1-4-6-7-15-13(14-5-2)16-8-9-18-12(10-16)11-17-3/h1,12H,5-11H2,2-3H3,(H,14,15). The van der Waals surface area contributed by atoms with Gasteiger partial charge in [-0.15, -0.1) is 12.3 Å². The number of morpholine rings is 1. The average molecular weight is 253 g/mol. The molecule has 1 heterocycles. The van der Waals surface area contributed by atoms with E-state index in [1.807, 2.05) is 0 Å². The number of rotatable bonds is 5. The summed E-state index contributed by atoms with van der Waals surface area (Å²) in [7, 11) is 1.69. The van der Waals surface area contributed by atoms with E-state index in [9.17, 15) is 0 Å². The van der Waals surface area contributed by atoms with Crippen molar-refractivity contribution >= 4 is 5.96 Å². The fraction of sp³-hybridized carbons (Fsp3) is 0.769. The molecule has 1 aliphatic rings. The van der Waals surface area contributed by atoms with Gasteiger partial charge < -0.3 is 19.7 Å². The van der Waals surface area contributed by atoms with Gasteiger partial charge >= 0.3 is 0 Å². The first-order chi connectivity index (χ1) is 8.81. The molecule has 5 heteroatoms. The van der Waals surface area contributed by atoms with Crippen LogP contribution in [0.5, 0.6) is 0 Å². The molecule has 1 saturated heterocycles. The van der Waals surface area contributed by atoms with Crippen LogP contribution in [0.15, 0.2) is 4.99 Å². The van der Waals surface area contributed by atoms with Gasteiger partial charge in [0, 0.05) is 33.2 Å². The second-order valence-corrected chi connectivity index (χ2v) is 4.08. The van der Waals surface area contributed by atoms with Crippen molar-refractivity contribution in [3.63, 3.8) is 0 Å². The number of terminal acetylenes is 1. The summed E-state index contributed by atoms with van der Waals surface area (Å²) in [5.74, 6) is 3.51. The lowest BCUT2D eigenvalue weighted by Gasteiger charge is -2.34. The highest BCUT2D eigenvalue weighted by Crippen LogP contribution is 2.06. The van der Waals surface area contributed by atoms with Crippen molar-refractivity contribution in [1.29, 1.82) is 0 Å². The first kappa shape index (κ1) is 14.8. The minimum Gasteiger partial charge on any atom is -0.382 e. The van der Waals surface area contributed by atoms with Crippen molar-refractivity contribution in [3.8, 4) is 12.3 Å². The van der Waals surface area contributed by atoms with Crippen LogP contribution < -0.4 is 5.32 Å². The Labute approximate surface area is 110 Å². The lowest BCUT2D eigenvalue weighted by atomic mass is 10.3. The van der Waals surface area contributed by atoms with Gasteiger partial charge in [0.1, 0.15) is 0 Å². The second-order valence-electron chi connectivity index (χ2n) is 4.08. The largest absolute Gasteiger partial charge is 0.382 e. The Kier molecular flexibility index (Phi) is 7.23. The van der Waals surface area contributed by atoms with Crippen LogP contribution >= 0.6 is 0 Å². The molecule has 1 unspecified atom stereocenters. The maximum absolute atomic E-state index is 5.62. The van der Waals surface area contributed by atoms with Crippen LogP contribution in [-0.2, 0) is 9.47 Å². The van der Waals surface area contributed by atoms with Crippen molar-refractivity contribution in [3.05, 3.63) is 0 Å². The summed E-state index contributed by atoms with van der Waals surface area (Å²) >= 11 is 0. The highest BCUT2D eigenvalue weighted by molar-refractivity contribution is 5.80. The van der Waals surface area contributed by atoms with Gasteiger partial charge in [0.15, 0.2) is 5.96 Å². The van der Waals surface area contributed by atoms with Gasteiger partial charge in [0.05, 0.1) is 25.9 Å². The van der Waals surface area contributed by atoms with E-state index in [2.05, 4.69) is 28.1 Å². The molecule has 0 amide bonds. The predicted molar refractivity (Wildman–Crippen MR) is 72.6 cm³/mol. The number of guanidine groups is 1. The molecule has 1 N–H and O–H groups in total. The summed E-state index contributed by atoms with van der Waals surface area (Å²) in [6.07, 6.45) is 6.02. The molecule has 0 bridgehead atoms. The van der Waals surface area contributed by atoms with E-state index in [0.717, 1.165) is 25.6 Å². The van der Waals surface area contributed by atoms with Gasteiger partial charge in [-0.3, -0.25) is 4.99 Å². The van der Waals surface area contributed by atoms with E-state index in [0.29, 0.717) is 26.2 Å². The Morgan fingerprint density at radius 1 is 1.67 bits per heavy atom. The fourth-order valence-electron chi connectivity index (χ4n) is 1.85. The third kappa shape index (κ3) is 4.94. The topological polar surface area (TPSA) is 46.1 Å². The molecule has 102 valence electrons. The lowest BCUT2D eigenvalue weighted by Crippen LogP contribution is -2.51. The Morgan fingerprint density at radius 3 is 3.17 bits per heavy atom. The van der Waals surface area contributed by atoms with E-state index in [1.165, 1.54) is 0 Å². The number of methoxy groups -OCH3 is 1. The molecule has 18 heavy (non-hydrogen) atoms.